The van der Waals surface area contributed by atoms with Crippen molar-refractivity contribution in [3.8, 4) is 5.75 Å². The monoisotopic (exact) mass is 286 g/mol. The van der Waals surface area contributed by atoms with Crippen molar-refractivity contribution in [1.29, 1.82) is 0 Å². The molecule has 2 heteroatoms. The third kappa shape index (κ3) is 2.70. The summed E-state index contributed by atoms with van der Waals surface area (Å²) >= 11 is 0. The minimum atomic E-state index is -0.0317. The van der Waals surface area contributed by atoms with Gasteiger partial charge in [0.1, 0.15) is 5.75 Å². The molecule has 2 saturated carbocycles. The van der Waals surface area contributed by atoms with Gasteiger partial charge in [-0.3, -0.25) is 0 Å². The van der Waals surface area contributed by atoms with Crippen molar-refractivity contribution in [3.63, 3.8) is 0 Å². The maximum absolute atomic E-state index is 6.34. The average molecular weight is 286 g/mol. The standard InChI is InChI=1S/C19H26O2/c1-13-8-10-16(11-9-13)20-18-12-15-6-2-4-14-5-3-7-17(21-18)19(14)15/h8-11,14-15,17-19H,2-7,12H2,1H3. The van der Waals surface area contributed by atoms with Crippen molar-refractivity contribution in [2.75, 3.05) is 0 Å². The summed E-state index contributed by atoms with van der Waals surface area (Å²) in [4.78, 5) is 0. The van der Waals surface area contributed by atoms with Crippen LogP contribution >= 0.6 is 0 Å². The Morgan fingerprint density at radius 3 is 2.48 bits per heavy atom. The van der Waals surface area contributed by atoms with Crippen LogP contribution in [0.1, 0.15) is 50.5 Å². The Bertz CT molecular complexity index is 461. The Morgan fingerprint density at radius 2 is 1.67 bits per heavy atom. The lowest BCUT2D eigenvalue weighted by molar-refractivity contribution is -0.214. The van der Waals surface area contributed by atoms with E-state index in [1.807, 2.05) is 0 Å². The quantitative estimate of drug-likeness (QED) is 0.784. The topological polar surface area (TPSA) is 18.5 Å². The first-order valence-electron chi connectivity index (χ1n) is 8.68. The predicted molar refractivity (Wildman–Crippen MR) is 83.3 cm³/mol. The van der Waals surface area contributed by atoms with Gasteiger partial charge in [0, 0.05) is 6.42 Å². The zero-order valence-electron chi connectivity index (χ0n) is 13.0. The fourth-order valence-electron chi connectivity index (χ4n) is 4.91. The summed E-state index contributed by atoms with van der Waals surface area (Å²) in [5, 5.41) is 0. The number of aryl methyl sites for hydroxylation is 1. The van der Waals surface area contributed by atoms with Gasteiger partial charge in [0.05, 0.1) is 6.10 Å². The third-order valence-corrected chi connectivity index (χ3v) is 5.84. The molecule has 5 unspecified atom stereocenters. The SMILES string of the molecule is Cc1ccc(OC2CC3CCCC4CCCC(O2)C43)cc1. The number of rotatable bonds is 2. The molecule has 1 aromatic carbocycles. The third-order valence-electron chi connectivity index (χ3n) is 5.84. The van der Waals surface area contributed by atoms with Gasteiger partial charge in [-0.05, 0) is 56.1 Å². The lowest BCUT2D eigenvalue weighted by Crippen LogP contribution is -2.49. The number of hydrogen-bond donors (Lipinski definition) is 0. The molecule has 4 rings (SSSR count). The van der Waals surface area contributed by atoms with E-state index in [1.54, 1.807) is 0 Å². The fourth-order valence-corrected chi connectivity index (χ4v) is 4.91. The van der Waals surface area contributed by atoms with E-state index in [4.69, 9.17) is 9.47 Å². The highest BCUT2D eigenvalue weighted by Gasteiger charge is 2.46. The molecular weight excluding hydrogens is 260 g/mol. The maximum Gasteiger partial charge on any atom is 0.200 e. The zero-order valence-corrected chi connectivity index (χ0v) is 13.0. The molecule has 21 heavy (non-hydrogen) atoms. The van der Waals surface area contributed by atoms with E-state index in [0.717, 1.165) is 29.9 Å². The van der Waals surface area contributed by atoms with Gasteiger partial charge in [0.2, 0.25) is 0 Å². The zero-order chi connectivity index (χ0) is 14.2. The Morgan fingerprint density at radius 1 is 0.952 bits per heavy atom. The Labute approximate surface area is 127 Å². The van der Waals surface area contributed by atoms with Crippen molar-refractivity contribution < 1.29 is 9.47 Å². The molecule has 0 bridgehead atoms. The fraction of sp³-hybridized carbons (Fsp3) is 0.684. The van der Waals surface area contributed by atoms with Crippen LogP contribution in [0.5, 0.6) is 5.75 Å². The second-order valence-corrected chi connectivity index (χ2v) is 7.23. The highest BCUT2D eigenvalue weighted by Crippen LogP contribution is 2.49. The van der Waals surface area contributed by atoms with Gasteiger partial charge in [-0.25, -0.2) is 0 Å². The van der Waals surface area contributed by atoms with Gasteiger partial charge in [-0.15, -0.1) is 0 Å². The molecule has 5 atom stereocenters. The highest BCUT2D eigenvalue weighted by atomic mass is 16.7. The molecule has 3 aliphatic rings. The summed E-state index contributed by atoms with van der Waals surface area (Å²) in [5.41, 5.74) is 1.27. The number of ether oxygens (including phenoxy) is 2. The van der Waals surface area contributed by atoms with Crippen molar-refractivity contribution in [1.82, 2.24) is 0 Å². The van der Waals surface area contributed by atoms with Crippen LogP contribution in [0.2, 0.25) is 0 Å². The summed E-state index contributed by atoms with van der Waals surface area (Å²) < 4.78 is 12.5. The molecule has 0 spiro atoms. The number of hydrogen-bond acceptors (Lipinski definition) is 2. The summed E-state index contributed by atoms with van der Waals surface area (Å²) in [5.74, 6) is 3.54. The molecule has 1 aliphatic heterocycles. The second-order valence-electron chi connectivity index (χ2n) is 7.23. The molecule has 0 radical (unpaired) electrons. The molecule has 2 nitrogen and oxygen atoms in total. The van der Waals surface area contributed by atoms with Crippen LogP contribution in [0.3, 0.4) is 0 Å². The molecule has 1 saturated heterocycles. The van der Waals surface area contributed by atoms with E-state index in [2.05, 4.69) is 31.2 Å². The smallest absolute Gasteiger partial charge is 0.200 e. The minimum Gasteiger partial charge on any atom is -0.465 e. The van der Waals surface area contributed by atoms with Crippen molar-refractivity contribution >= 4 is 0 Å². The molecule has 1 aromatic rings. The largest absolute Gasteiger partial charge is 0.465 e. The highest BCUT2D eigenvalue weighted by molar-refractivity contribution is 5.26. The first-order chi connectivity index (χ1) is 10.3. The van der Waals surface area contributed by atoms with Crippen LogP contribution in [0.4, 0.5) is 0 Å². The van der Waals surface area contributed by atoms with E-state index in [9.17, 15) is 0 Å². The summed E-state index contributed by atoms with van der Waals surface area (Å²) in [7, 11) is 0. The van der Waals surface area contributed by atoms with E-state index in [1.165, 1.54) is 44.1 Å². The summed E-state index contributed by atoms with van der Waals surface area (Å²) in [6.07, 6.45) is 9.76. The Balaban J connectivity index is 1.47. The van der Waals surface area contributed by atoms with Gasteiger partial charge in [0.15, 0.2) is 6.29 Å². The first-order valence-corrected chi connectivity index (χ1v) is 8.68. The lowest BCUT2D eigenvalue weighted by atomic mass is 9.62. The first kappa shape index (κ1) is 13.6. The van der Waals surface area contributed by atoms with Gasteiger partial charge in [-0.1, -0.05) is 37.0 Å². The van der Waals surface area contributed by atoms with E-state index >= 15 is 0 Å². The summed E-state index contributed by atoms with van der Waals surface area (Å²) in [6.45, 7) is 2.11. The molecule has 2 aliphatic carbocycles. The minimum absolute atomic E-state index is 0.0317. The van der Waals surface area contributed by atoms with Crippen molar-refractivity contribution in [2.24, 2.45) is 17.8 Å². The summed E-state index contributed by atoms with van der Waals surface area (Å²) in [6, 6.07) is 8.35. The molecule has 0 aromatic heterocycles. The van der Waals surface area contributed by atoms with Crippen LogP contribution in [0.15, 0.2) is 24.3 Å². The van der Waals surface area contributed by atoms with Crippen LogP contribution in [0, 0.1) is 24.7 Å². The van der Waals surface area contributed by atoms with Gasteiger partial charge >= 0.3 is 0 Å². The molecule has 3 fully saturated rings. The number of benzene rings is 1. The maximum atomic E-state index is 6.34. The molecule has 114 valence electrons. The lowest BCUT2D eigenvalue weighted by Gasteiger charge is -2.50. The van der Waals surface area contributed by atoms with Crippen LogP contribution < -0.4 is 4.74 Å². The van der Waals surface area contributed by atoms with Crippen molar-refractivity contribution in [3.05, 3.63) is 29.8 Å². The molecule has 0 amide bonds. The molecule has 1 heterocycles. The van der Waals surface area contributed by atoms with E-state index in [-0.39, 0.29) is 6.29 Å². The van der Waals surface area contributed by atoms with Crippen LogP contribution in [-0.2, 0) is 4.74 Å². The molecular formula is C19H26O2. The Hall–Kier alpha value is -1.02. The van der Waals surface area contributed by atoms with E-state index in [0.29, 0.717) is 6.10 Å². The van der Waals surface area contributed by atoms with Gasteiger partial charge in [0.25, 0.3) is 0 Å². The average Bonchev–Trinajstić information content (AvgIpc) is 2.50. The van der Waals surface area contributed by atoms with Crippen LogP contribution in [-0.4, -0.2) is 12.4 Å². The van der Waals surface area contributed by atoms with Gasteiger partial charge in [-0.2, -0.15) is 0 Å². The predicted octanol–water partition coefficient (Wildman–Crippen LogP) is 4.71. The van der Waals surface area contributed by atoms with E-state index < -0.39 is 0 Å². The molecule has 0 N–H and O–H groups in total. The normalized spacial score (nSPS) is 38.6. The van der Waals surface area contributed by atoms with Crippen LogP contribution in [0.25, 0.3) is 0 Å². The van der Waals surface area contributed by atoms with Gasteiger partial charge < -0.3 is 9.47 Å². The Kier molecular flexibility index (Phi) is 3.66. The van der Waals surface area contributed by atoms with Crippen molar-refractivity contribution in [2.45, 2.75) is 64.3 Å². The second kappa shape index (κ2) is 5.64.